The summed E-state index contributed by atoms with van der Waals surface area (Å²) in [6.07, 6.45) is 3.39. The highest BCUT2D eigenvalue weighted by Crippen LogP contribution is 2.44. The van der Waals surface area contributed by atoms with Gasteiger partial charge in [0.05, 0.1) is 12.3 Å². The molecule has 1 aliphatic rings. The molecule has 1 saturated heterocycles. The molecule has 1 aromatic heterocycles. The number of hydrogen-bond donors (Lipinski definition) is 0. The fourth-order valence-electron chi connectivity index (χ4n) is 5.35. The van der Waals surface area contributed by atoms with Gasteiger partial charge in [0.1, 0.15) is 5.60 Å². The first kappa shape index (κ1) is 28.6. The van der Waals surface area contributed by atoms with Crippen LogP contribution < -0.4 is 5.56 Å². The molecular formula is C30H37N3O5S. The second kappa shape index (κ2) is 10.6. The molecule has 0 bridgehead atoms. The van der Waals surface area contributed by atoms with Gasteiger partial charge in [-0.2, -0.15) is 4.31 Å². The molecule has 1 unspecified atom stereocenters. The van der Waals surface area contributed by atoms with Gasteiger partial charge in [-0.25, -0.2) is 13.2 Å². The summed E-state index contributed by atoms with van der Waals surface area (Å²) < 4.78 is 33.9. The maximum Gasteiger partial charge on any atom is 0.411 e. The molecule has 2 heterocycles. The van der Waals surface area contributed by atoms with Crippen molar-refractivity contribution in [3.05, 3.63) is 94.4 Å². The minimum absolute atomic E-state index is 0.0643. The van der Waals surface area contributed by atoms with Crippen molar-refractivity contribution in [3.8, 4) is 11.1 Å². The third-order valence-corrected chi connectivity index (χ3v) is 9.41. The van der Waals surface area contributed by atoms with Crippen molar-refractivity contribution in [3.63, 3.8) is 0 Å². The number of sulfonamides is 1. The molecule has 2 atom stereocenters. The van der Waals surface area contributed by atoms with Gasteiger partial charge in [-0.05, 0) is 49.1 Å². The second-order valence-electron chi connectivity index (χ2n) is 11.1. The predicted molar refractivity (Wildman–Crippen MR) is 153 cm³/mol. The average molecular weight is 552 g/mol. The maximum atomic E-state index is 13.5. The molecule has 1 fully saturated rings. The summed E-state index contributed by atoms with van der Waals surface area (Å²) >= 11 is 0. The lowest BCUT2D eigenvalue weighted by atomic mass is 9.78. The van der Waals surface area contributed by atoms with Crippen molar-refractivity contribution in [2.45, 2.75) is 50.8 Å². The van der Waals surface area contributed by atoms with Crippen LogP contribution in [0.3, 0.4) is 0 Å². The Morgan fingerprint density at radius 3 is 2.18 bits per heavy atom. The highest BCUT2D eigenvalue weighted by Gasteiger charge is 2.48. The Bertz CT molecular complexity index is 1500. The van der Waals surface area contributed by atoms with E-state index in [9.17, 15) is 18.0 Å². The van der Waals surface area contributed by atoms with E-state index in [0.717, 1.165) is 22.3 Å². The van der Waals surface area contributed by atoms with Crippen LogP contribution in [0.5, 0.6) is 0 Å². The summed E-state index contributed by atoms with van der Waals surface area (Å²) in [6, 6.07) is 20.6. The molecule has 0 N–H and O–H groups in total. The highest BCUT2D eigenvalue weighted by atomic mass is 32.2. The molecule has 8 nitrogen and oxygen atoms in total. The van der Waals surface area contributed by atoms with Crippen LogP contribution in [0.4, 0.5) is 4.79 Å². The number of benzene rings is 2. The molecule has 39 heavy (non-hydrogen) atoms. The summed E-state index contributed by atoms with van der Waals surface area (Å²) in [6.45, 7) is 6.14. The fraction of sp³-hybridized carbons (Fsp3) is 0.400. The molecule has 0 radical (unpaired) electrons. The van der Waals surface area contributed by atoms with Gasteiger partial charge in [0, 0.05) is 51.3 Å². The lowest BCUT2D eigenvalue weighted by Gasteiger charge is -2.48. The van der Waals surface area contributed by atoms with Crippen LogP contribution in [-0.2, 0) is 27.4 Å². The zero-order valence-electron chi connectivity index (χ0n) is 23.4. The number of nitrogens with zero attached hydrogens (tertiary/aromatic N) is 3. The van der Waals surface area contributed by atoms with E-state index in [-0.39, 0.29) is 11.6 Å². The lowest BCUT2D eigenvalue weighted by Crippen LogP contribution is -2.54. The predicted octanol–water partition coefficient (Wildman–Crippen LogP) is 4.91. The Morgan fingerprint density at radius 2 is 1.62 bits per heavy atom. The molecule has 208 valence electrons. The number of carbonyl (C=O) groups excluding carboxylic acids is 1. The van der Waals surface area contributed by atoms with E-state index in [0.29, 0.717) is 19.4 Å². The summed E-state index contributed by atoms with van der Waals surface area (Å²) in [5, 5.41) is 0. The van der Waals surface area contributed by atoms with Gasteiger partial charge >= 0.3 is 6.09 Å². The maximum absolute atomic E-state index is 13.5. The Labute approximate surface area is 230 Å². The largest absolute Gasteiger partial charge is 0.438 e. The molecule has 1 amide bonds. The number of aryl methyl sites for hydroxylation is 1. The van der Waals surface area contributed by atoms with Gasteiger partial charge in [0.25, 0.3) is 0 Å². The first-order valence-corrected chi connectivity index (χ1v) is 14.8. The van der Waals surface area contributed by atoms with Crippen molar-refractivity contribution in [2.75, 3.05) is 19.8 Å². The van der Waals surface area contributed by atoms with Crippen LogP contribution in [-0.4, -0.2) is 53.7 Å². The monoisotopic (exact) mass is 551 g/mol. The Morgan fingerprint density at radius 1 is 1.00 bits per heavy atom. The van der Waals surface area contributed by atoms with Crippen LogP contribution in [0.25, 0.3) is 11.1 Å². The number of ether oxygens (including phenoxy) is 1. The van der Waals surface area contributed by atoms with Crippen LogP contribution in [0.2, 0.25) is 0 Å². The Balaban J connectivity index is 1.57. The van der Waals surface area contributed by atoms with Gasteiger partial charge in [-0.15, -0.1) is 0 Å². The van der Waals surface area contributed by atoms with Gasteiger partial charge in [0.15, 0.2) is 0 Å². The molecule has 0 spiro atoms. The average Bonchev–Trinajstić information content (AvgIpc) is 2.89. The normalized spacial score (nSPS) is 19.2. The van der Waals surface area contributed by atoms with Gasteiger partial charge in [-0.3, -0.25) is 4.79 Å². The first-order chi connectivity index (χ1) is 18.2. The highest BCUT2D eigenvalue weighted by molar-refractivity contribution is 7.88. The number of amides is 1. The lowest BCUT2D eigenvalue weighted by molar-refractivity contribution is -0.0814. The minimum Gasteiger partial charge on any atom is -0.438 e. The third kappa shape index (κ3) is 5.94. The van der Waals surface area contributed by atoms with E-state index in [1.807, 2.05) is 75.4 Å². The standard InChI is InChI=1S/C30H37N3O5S/c1-22(23-12-14-24(15-13-23)25-16-17-27(34)31(4)20-25)33-19-18-30(38-28(33)35,26-10-8-7-9-11-26)21-29(2,3)32(5)39(6,36)37/h7-17,20,22H,18-19,21H2,1-6H3/t22-,30?/m0/s1. The minimum atomic E-state index is -3.46. The summed E-state index contributed by atoms with van der Waals surface area (Å²) in [4.78, 5) is 27.0. The second-order valence-corrected chi connectivity index (χ2v) is 13.1. The van der Waals surface area contributed by atoms with Gasteiger partial charge < -0.3 is 14.2 Å². The smallest absolute Gasteiger partial charge is 0.411 e. The molecule has 0 aliphatic carbocycles. The van der Waals surface area contributed by atoms with E-state index in [4.69, 9.17) is 4.74 Å². The molecule has 9 heteroatoms. The molecule has 4 rings (SSSR count). The number of rotatable bonds is 8. The Hall–Kier alpha value is -3.43. The molecule has 1 aliphatic heterocycles. The number of pyridine rings is 1. The molecule has 2 aromatic carbocycles. The van der Waals surface area contributed by atoms with Crippen LogP contribution in [0, 0.1) is 0 Å². The van der Waals surface area contributed by atoms with E-state index < -0.39 is 27.3 Å². The van der Waals surface area contributed by atoms with Crippen molar-refractivity contribution in [1.82, 2.24) is 13.8 Å². The topological polar surface area (TPSA) is 88.9 Å². The van der Waals surface area contributed by atoms with Crippen molar-refractivity contribution in [2.24, 2.45) is 7.05 Å². The molecule has 3 aromatic rings. The summed E-state index contributed by atoms with van der Waals surface area (Å²) in [7, 11) is -0.173. The zero-order valence-corrected chi connectivity index (χ0v) is 24.2. The summed E-state index contributed by atoms with van der Waals surface area (Å²) in [5.74, 6) is 0. The number of carbonyl (C=O) groups is 1. The zero-order chi connectivity index (χ0) is 28.6. The molecular weight excluding hydrogens is 514 g/mol. The van der Waals surface area contributed by atoms with Crippen molar-refractivity contribution >= 4 is 16.1 Å². The van der Waals surface area contributed by atoms with Crippen molar-refractivity contribution in [1.29, 1.82) is 0 Å². The van der Waals surface area contributed by atoms with Crippen LogP contribution >= 0.6 is 0 Å². The first-order valence-electron chi connectivity index (χ1n) is 13.0. The quantitative estimate of drug-likeness (QED) is 0.397. The fourth-order valence-corrected chi connectivity index (χ4v) is 6.31. The Kier molecular flexibility index (Phi) is 7.78. The van der Waals surface area contributed by atoms with E-state index in [1.165, 1.54) is 10.6 Å². The number of aromatic nitrogens is 1. The number of hydrogen-bond acceptors (Lipinski definition) is 5. The third-order valence-electron chi connectivity index (χ3n) is 7.92. The SMILES string of the molecule is C[C@@H](c1ccc(-c2ccc(=O)n(C)c2)cc1)N1CCC(CC(C)(C)N(C)S(C)(=O)=O)(c2ccccc2)OC1=O. The van der Waals surface area contributed by atoms with Crippen molar-refractivity contribution < 1.29 is 17.9 Å². The van der Waals surface area contributed by atoms with E-state index >= 15 is 0 Å². The van der Waals surface area contributed by atoms with Crippen LogP contribution in [0.15, 0.2) is 77.7 Å². The summed E-state index contributed by atoms with van der Waals surface area (Å²) in [5.41, 5.74) is 1.89. The van der Waals surface area contributed by atoms with Crippen LogP contribution in [0.1, 0.15) is 50.8 Å². The molecule has 0 saturated carbocycles. The van der Waals surface area contributed by atoms with Gasteiger partial charge in [0.2, 0.25) is 15.6 Å². The van der Waals surface area contributed by atoms with E-state index in [1.54, 1.807) is 41.9 Å². The van der Waals surface area contributed by atoms with E-state index in [2.05, 4.69) is 0 Å². The van der Waals surface area contributed by atoms with Gasteiger partial charge in [-0.1, -0.05) is 54.6 Å². The number of cyclic esters (lactones) is 1.